The van der Waals surface area contributed by atoms with E-state index < -0.39 is 0 Å². The van der Waals surface area contributed by atoms with Gasteiger partial charge in [-0.25, -0.2) is 0 Å². The zero-order valence-corrected chi connectivity index (χ0v) is 12.5. The molecule has 0 aliphatic carbocycles. The highest BCUT2D eigenvalue weighted by Gasteiger charge is 2.19. The third-order valence-electron chi connectivity index (χ3n) is 3.55. The molecule has 16 heavy (non-hydrogen) atoms. The highest BCUT2D eigenvalue weighted by atomic mass is 15.1. The first-order valence-electron chi connectivity index (χ1n) is 6.58. The average molecular weight is 228 g/mol. The van der Waals surface area contributed by atoms with E-state index in [4.69, 9.17) is 0 Å². The molecule has 2 nitrogen and oxygen atoms in total. The third-order valence-corrected chi connectivity index (χ3v) is 3.55. The van der Waals surface area contributed by atoms with Gasteiger partial charge < -0.3 is 10.2 Å². The second-order valence-electron chi connectivity index (χ2n) is 6.63. The van der Waals surface area contributed by atoms with Crippen molar-refractivity contribution in [2.45, 2.75) is 59.4 Å². The molecule has 0 aliphatic heterocycles. The van der Waals surface area contributed by atoms with Gasteiger partial charge in [-0.05, 0) is 59.3 Å². The van der Waals surface area contributed by atoms with Crippen molar-refractivity contribution >= 4 is 0 Å². The normalized spacial score (nSPS) is 13.5. The average Bonchev–Trinajstić information content (AvgIpc) is 2.14. The van der Waals surface area contributed by atoms with Gasteiger partial charge >= 0.3 is 0 Å². The van der Waals surface area contributed by atoms with E-state index in [-0.39, 0.29) is 5.54 Å². The molecule has 0 rings (SSSR count). The van der Waals surface area contributed by atoms with E-state index in [0.717, 1.165) is 13.1 Å². The van der Waals surface area contributed by atoms with Crippen LogP contribution in [0.25, 0.3) is 0 Å². The Labute approximate surface area is 103 Å². The second kappa shape index (κ2) is 6.61. The van der Waals surface area contributed by atoms with Crippen molar-refractivity contribution in [1.29, 1.82) is 0 Å². The molecule has 1 N–H and O–H groups in total. The Morgan fingerprint density at radius 3 is 2.00 bits per heavy atom. The summed E-state index contributed by atoms with van der Waals surface area (Å²) in [6, 6.07) is 0. The van der Waals surface area contributed by atoms with Gasteiger partial charge in [0.2, 0.25) is 0 Å². The molecular formula is C14H32N2. The standard InChI is InChI=1S/C14H32N2/c1-8-13(2,3)9-11-15-14(4,5)10-12-16(6)7/h15H,8-12H2,1-7H3. The van der Waals surface area contributed by atoms with Crippen molar-refractivity contribution in [2.24, 2.45) is 5.41 Å². The maximum absolute atomic E-state index is 3.68. The minimum absolute atomic E-state index is 0.258. The smallest absolute Gasteiger partial charge is 0.0137 e. The van der Waals surface area contributed by atoms with Gasteiger partial charge in [-0.2, -0.15) is 0 Å². The van der Waals surface area contributed by atoms with Crippen LogP contribution in [0.1, 0.15) is 53.9 Å². The summed E-state index contributed by atoms with van der Waals surface area (Å²) in [6.07, 6.45) is 3.72. The quantitative estimate of drug-likeness (QED) is 0.686. The molecule has 0 amide bonds. The van der Waals surface area contributed by atoms with Crippen LogP contribution < -0.4 is 5.32 Å². The zero-order valence-electron chi connectivity index (χ0n) is 12.5. The number of nitrogens with one attached hydrogen (secondary N) is 1. The van der Waals surface area contributed by atoms with Crippen molar-refractivity contribution in [3.05, 3.63) is 0 Å². The highest BCUT2D eigenvalue weighted by Crippen LogP contribution is 2.24. The van der Waals surface area contributed by atoms with E-state index in [0.29, 0.717) is 5.41 Å². The van der Waals surface area contributed by atoms with Crippen LogP contribution in [0.4, 0.5) is 0 Å². The first-order valence-corrected chi connectivity index (χ1v) is 6.58. The Morgan fingerprint density at radius 1 is 1.00 bits per heavy atom. The maximum atomic E-state index is 3.68. The summed E-state index contributed by atoms with van der Waals surface area (Å²) in [5.41, 5.74) is 0.735. The van der Waals surface area contributed by atoms with Crippen LogP contribution in [-0.4, -0.2) is 37.6 Å². The van der Waals surface area contributed by atoms with Crippen molar-refractivity contribution in [3.63, 3.8) is 0 Å². The van der Waals surface area contributed by atoms with Crippen molar-refractivity contribution < 1.29 is 0 Å². The monoisotopic (exact) mass is 228 g/mol. The van der Waals surface area contributed by atoms with Gasteiger partial charge in [-0.15, -0.1) is 0 Å². The van der Waals surface area contributed by atoms with Gasteiger partial charge in [0.05, 0.1) is 0 Å². The fourth-order valence-electron chi connectivity index (χ4n) is 1.51. The molecule has 0 saturated heterocycles. The lowest BCUT2D eigenvalue weighted by Gasteiger charge is -2.30. The van der Waals surface area contributed by atoms with Gasteiger partial charge in [-0.1, -0.05) is 27.2 Å². The number of rotatable bonds is 8. The van der Waals surface area contributed by atoms with E-state index in [9.17, 15) is 0 Å². The molecule has 98 valence electrons. The molecule has 0 saturated carbocycles. The fourth-order valence-corrected chi connectivity index (χ4v) is 1.51. The van der Waals surface area contributed by atoms with E-state index in [1.165, 1.54) is 19.3 Å². The molecule has 0 atom stereocenters. The Balaban J connectivity index is 3.82. The van der Waals surface area contributed by atoms with Crippen molar-refractivity contribution in [1.82, 2.24) is 10.2 Å². The molecule has 0 heterocycles. The number of nitrogens with zero attached hydrogens (tertiary/aromatic N) is 1. The SMILES string of the molecule is CCC(C)(C)CCNC(C)(C)CCN(C)C. The topological polar surface area (TPSA) is 15.3 Å². The Kier molecular flexibility index (Phi) is 6.57. The number of hydrogen-bond donors (Lipinski definition) is 1. The van der Waals surface area contributed by atoms with Crippen LogP contribution in [0.2, 0.25) is 0 Å². The zero-order chi connectivity index (χ0) is 12.8. The molecule has 0 fully saturated rings. The maximum Gasteiger partial charge on any atom is 0.0137 e. The van der Waals surface area contributed by atoms with Crippen molar-refractivity contribution in [2.75, 3.05) is 27.2 Å². The molecule has 0 aromatic carbocycles. The fraction of sp³-hybridized carbons (Fsp3) is 1.00. The van der Waals surface area contributed by atoms with Crippen LogP contribution in [-0.2, 0) is 0 Å². The summed E-state index contributed by atoms with van der Waals surface area (Å²) in [5.74, 6) is 0. The molecule has 0 aliphatic rings. The van der Waals surface area contributed by atoms with Crippen molar-refractivity contribution in [3.8, 4) is 0 Å². The largest absolute Gasteiger partial charge is 0.312 e. The third kappa shape index (κ3) is 8.12. The van der Waals surface area contributed by atoms with Gasteiger partial charge in [0, 0.05) is 5.54 Å². The summed E-state index contributed by atoms with van der Waals surface area (Å²) in [6.45, 7) is 13.9. The summed E-state index contributed by atoms with van der Waals surface area (Å²) in [7, 11) is 4.27. The van der Waals surface area contributed by atoms with Gasteiger partial charge in [0.1, 0.15) is 0 Å². The van der Waals surface area contributed by atoms with Gasteiger partial charge in [-0.3, -0.25) is 0 Å². The molecule has 0 aromatic heterocycles. The summed E-state index contributed by atoms with van der Waals surface area (Å²) in [4.78, 5) is 2.25. The predicted octanol–water partition coefficient (Wildman–Crippen LogP) is 3.13. The Hall–Kier alpha value is -0.0800. The molecule has 0 radical (unpaired) electrons. The first-order chi connectivity index (χ1) is 7.18. The second-order valence-corrected chi connectivity index (χ2v) is 6.63. The van der Waals surface area contributed by atoms with Crippen LogP contribution in [0.3, 0.4) is 0 Å². The minimum atomic E-state index is 0.258. The first kappa shape index (κ1) is 15.9. The molecule has 0 bridgehead atoms. The lowest BCUT2D eigenvalue weighted by molar-refractivity contribution is 0.263. The predicted molar refractivity (Wildman–Crippen MR) is 73.9 cm³/mol. The lowest BCUT2D eigenvalue weighted by Crippen LogP contribution is -2.42. The summed E-state index contributed by atoms with van der Waals surface area (Å²) in [5, 5.41) is 3.68. The van der Waals surface area contributed by atoms with Crippen LogP contribution >= 0.6 is 0 Å². The Bertz CT molecular complexity index is 183. The lowest BCUT2D eigenvalue weighted by atomic mass is 9.86. The van der Waals surface area contributed by atoms with E-state index in [1.807, 2.05) is 0 Å². The van der Waals surface area contributed by atoms with E-state index >= 15 is 0 Å². The van der Waals surface area contributed by atoms with Gasteiger partial charge in [0.15, 0.2) is 0 Å². The van der Waals surface area contributed by atoms with Gasteiger partial charge in [0.25, 0.3) is 0 Å². The molecule has 0 unspecified atom stereocenters. The summed E-state index contributed by atoms with van der Waals surface area (Å²) >= 11 is 0. The Morgan fingerprint density at radius 2 is 1.56 bits per heavy atom. The van der Waals surface area contributed by atoms with Crippen LogP contribution in [0.15, 0.2) is 0 Å². The molecule has 0 spiro atoms. The summed E-state index contributed by atoms with van der Waals surface area (Å²) < 4.78 is 0. The van der Waals surface area contributed by atoms with Crippen LogP contribution in [0.5, 0.6) is 0 Å². The molecule has 0 aromatic rings. The number of hydrogen-bond acceptors (Lipinski definition) is 2. The van der Waals surface area contributed by atoms with E-state index in [1.54, 1.807) is 0 Å². The van der Waals surface area contributed by atoms with E-state index in [2.05, 4.69) is 58.9 Å². The highest BCUT2D eigenvalue weighted by molar-refractivity contribution is 4.79. The molecule has 2 heteroatoms. The van der Waals surface area contributed by atoms with Crippen LogP contribution in [0, 0.1) is 5.41 Å². The molecular weight excluding hydrogens is 196 g/mol. The minimum Gasteiger partial charge on any atom is -0.312 e.